The van der Waals surface area contributed by atoms with Crippen LogP contribution in [0.1, 0.15) is 90.4 Å². The fraction of sp³-hybridized carbons (Fsp3) is 0.889. The third-order valence-corrected chi connectivity index (χ3v) is 4.11. The highest BCUT2D eigenvalue weighted by molar-refractivity contribution is 5.83. The third kappa shape index (κ3) is 13.2. The summed E-state index contributed by atoms with van der Waals surface area (Å²) in [7, 11) is 0. The molecule has 23 heavy (non-hydrogen) atoms. The van der Waals surface area contributed by atoms with E-state index in [1.165, 1.54) is 0 Å². The third-order valence-electron chi connectivity index (χ3n) is 4.11. The number of rotatable bonds is 16. The van der Waals surface area contributed by atoms with Crippen LogP contribution in [-0.2, 0) is 9.59 Å². The molecule has 136 valence electrons. The summed E-state index contributed by atoms with van der Waals surface area (Å²) in [4.78, 5) is 22.1. The molecule has 0 aliphatic heterocycles. The van der Waals surface area contributed by atoms with Crippen molar-refractivity contribution in [1.82, 2.24) is 0 Å². The summed E-state index contributed by atoms with van der Waals surface area (Å²) in [6.45, 7) is 2.10. The van der Waals surface area contributed by atoms with Gasteiger partial charge in [-0.05, 0) is 19.3 Å². The quantitative estimate of drug-likeness (QED) is 0.377. The molecule has 0 amide bonds. The maximum atomic E-state index is 11.8. The summed E-state index contributed by atoms with van der Waals surface area (Å²) in [5, 5.41) is 28.2. The number of hydrogen-bond acceptors (Lipinski definition) is 4. The van der Waals surface area contributed by atoms with Gasteiger partial charge in [-0.3, -0.25) is 9.59 Å². The van der Waals surface area contributed by atoms with Gasteiger partial charge in [0.1, 0.15) is 6.10 Å². The Morgan fingerprint density at radius 2 is 1.30 bits per heavy atom. The van der Waals surface area contributed by atoms with E-state index in [-0.39, 0.29) is 12.2 Å². The molecule has 0 aromatic carbocycles. The minimum absolute atomic E-state index is 0.227. The first-order valence-corrected chi connectivity index (χ1v) is 9.09. The molecule has 0 fully saturated rings. The molecular formula is C18H34O5. The number of Topliss-reactive ketones (excluding diaryl/α,β-unsaturated/α-hetero) is 1. The summed E-state index contributed by atoms with van der Waals surface area (Å²) < 4.78 is 0. The number of aliphatic hydroxyl groups is 2. The first-order chi connectivity index (χ1) is 11.0. The van der Waals surface area contributed by atoms with E-state index in [0.717, 1.165) is 57.8 Å². The lowest BCUT2D eigenvalue weighted by molar-refractivity contribution is -0.137. The Morgan fingerprint density at radius 1 is 0.783 bits per heavy atom. The highest BCUT2D eigenvalue weighted by Gasteiger charge is 2.22. The van der Waals surface area contributed by atoms with Crippen LogP contribution in [0.5, 0.6) is 0 Å². The molecule has 0 heterocycles. The van der Waals surface area contributed by atoms with Gasteiger partial charge in [0.25, 0.3) is 0 Å². The zero-order valence-electron chi connectivity index (χ0n) is 14.5. The summed E-state index contributed by atoms with van der Waals surface area (Å²) in [6.07, 6.45) is 8.11. The molecule has 2 atom stereocenters. The van der Waals surface area contributed by atoms with E-state index >= 15 is 0 Å². The van der Waals surface area contributed by atoms with Gasteiger partial charge in [-0.1, -0.05) is 58.3 Å². The van der Waals surface area contributed by atoms with Crippen molar-refractivity contribution < 1.29 is 24.9 Å². The van der Waals surface area contributed by atoms with Crippen LogP contribution in [0.15, 0.2) is 0 Å². The largest absolute Gasteiger partial charge is 0.481 e. The molecule has 0 saturated carbocycles. The van der Waals surface area contributed by atoms with Gasteiger partial charge >= 0.3 is 5.97 Å². The second kappa shape index (κ2) is 14.6. The molecule has 0 bridgehead atoms. The van der Waals surface area contributed by atoms with E-state index in [1.807, 2.05) is 0 Å². The first-order valence-electron chi connectivity index (χ1n) is 9.09. The van der Waals surface area contributed by atoms with Gasteiger partial charge < -0.3 is 15.3 Å². The van der Waals surface area contributed by atoms with Gasteiger partial charge in [0.05, 0.1) is 6.10 Å². The fourth-order valence-corrected chi connectivity index (χ4v) is 2.58. The second-order valence-corrected chi connectivity index (χ2v) is 6.34. The maximum absolute atomic E-state index is 11.8. The highest BCUT2D eigenvalue weighted by atomic mass is 16.4. The van der Waals surface area contributed by atoms with Gasteiger partial charge in [-0.2, -0.15) is 0 Å². The Balaban J connectivity index is 3.58. The Kier molecular flexibility index (Phi) is 14.0. The number of aliphatic carboxylic acids is 1. The smallest absolute Gasteiger partial charge is 0.303 e. The number of hydrogen-bond donors (Lipinski definition) is 3. The highest BCUT2D eigenvalue weighted by Crippen LogP contribution is 2.13. The Hall–Kier alpha value is -0.940. The Labute approximate surface area is 140 Å². The summed E-state index contributed by atoms with van der Waals surface area (Å²) in [6, 6.07) is 0. The van der Waals surface area contributed by atoms with Crippen molar-refractivity contribution in [1.29, 1.82) is 0 Å². The van der Waals surface area contributed by atoms with Crippen molar-refractivity contribution in [3.8, 4) is 0 Å². The summed E-state index contributed by atoms with van der Waals surface area (Å²) in [5.41, 5.74) is 0. The van der Waals surface area contributed by atoms with E-state index in [0.29, 0.717) is 19.3 Å². The minimum atomic E-state index is -1.24. The zero-order chi connectivity index (χ0) is 17.5. The van der Waals surface area contributed by atoms with Crippen LogP contribution in [0.2, 0.25) is 0 Å². The normalized spacial score (nSPS) is 13.7. The van der Waals surface area contributed by atoms with E-state index in [2.05, 4.69) is 6.92 Å². The molecule has 0 aromatic rings. The topological polar surface area (TPSA) is 94.8 Å². The molecule has 0 saturated heterocycles. The molecule has 0 rings (SSSR count). The number of aliphatic hydroxyl groups excluding tert-OH is 2. The molecule has 0 aliphatic rings. The molecule has 5 nitrogen and oxygen atoms in total. The SMILES string of the molecule is CCCCCCC(=O)[C@@H](O)[C@@H](O)CCCCCCCCC(=O)O. The van der Waals surface area contributed by atoms with Crippen LogP contribution < -0.4 is 0 Å². The predicted molar refractivity (Wildman–Crippen MR) is 90.4 cm³/mol. The second-order valence-electron chi connectivity index (χ2n) is 6.34. The van der Waals surface area contributed by atoms with Crippen molar-refractivity contribution in [3.05, 3.63) is 0 Å². The number of ketones is 1. The van der Waals surface area contributed by atoms with Crippen molar-refractivity contribution in [2.45, 2.75) is 103 Å². The lowest BCUT2D eigenvalue weighted by Gasteiger charge is -2.16. The lowest BCUT2D eigenvalue weighted by atomic mass is 9.99. The molecule has 0 spiro atoms. The number of carboxylic acids is 1. The molecule has 3 N–H and O–H groups in total. The number of carbonyl (C=O) groups excluding carboxylic acids is 1. The standard InChI is InChI=1S/C18H34O5/c1-2-3-4-9-12-15(19)18(23)16(20)13-10-7-5-6-8-11-14-17(21)22/h16,18,20,23H,2-14H2,1H3,(H,21,22)/t16-,18+/m0/s1. The van der Waals surface area contributed by atoms with E-state index < -0.39 is 18.2 Å². The van der Waals surface area contributed by atoms with Crippen molar-refractivity contribution >= 4 is 11.8 Å². The molecule has 5 heteroatoms. The summed E-state index contributed by atoms with van der Waals surface area (Å²) >= 11 is 0. The van der Waals surface area contributed by atoms with Crippen LogP contribution in [0.3, 0.4) is 0 Å². The van der Waals surface area contributed by atoms with E-state index in [1.54, 1.807) is 0 Å². The molecule has 0 radical (unpaired) electrons. The predicted octanol–water partition coefficient (Wildman–Crippen LogP) is 3.45. The number of carboxylic acid groups (broad SMARTS) is 1. The molecule has 0 aliphatic carbocycles. The zero-order valence-corrected chi connectivity index (χ0v) is 14.5. The lowest BCUT2D eigenvalue weighted by Crippen LogP contribution is -2.33. The van der Waals surface area contributed by atoms with Crippen molar-refractivity contribution in [3.63, 3.8) is 0 Å². The Bertz CT molecular complexity index is 317. The monoisotopic (exact) mass is 330 g/mol. The van der Waals surface area contributed by atoms with Crippen molar-refractivity contribution in [2.24, 2.45) is 0 Å². The van der Waals surface area contributed by atoms with Gasteiger partial charge in [-0.15, -0.1) is 0 Å². The van der Waals surface area contributed by atoms with Crippen molar-refractivity contribution in [2.75, 3.05) is 0 Å². The van der Waals surface area contributed by atoms with Crippen LogP contribution in [-0.4, -0.2) is 39.3 Å². The van der Waals surface area contributed by atoms with Gasteiger partial charge in [0.15, 0.2) is 5.78 Å². The van der Waals surface area contributed by atoms with Gasteiger partial charge in [0.2, 0.25) is 0 Å². The van der Waals surface area contributed by atoms with E-state index in [9.17, 15) is 19.8 Å². The first kappa shape index (κ1) is 22.1. The molecule has 0 unspecified atom stereocenters. The maximum Gasteiger partial charge on any atom is 0.303 e. The van der Waals surface area contributed by atoms with Crippen LogP contribution in [0.4, 0.5) is 0 Å². The molecular weight excluding hydrogens is 296 g/mol. The van der Waals surface area contributed by atoms with E-state index in [4.69, 9.17) is 5.11 Å². The number of unbranched alkanes of at least 4 members (excludes halogenated alkanes) is 8. The number of carbonyl (C=O) groups is 2. The van der Waals surface area contributed by atoms with Crippen LogP contribution in [0.25, 0.3) is 0 Å². The van der Waals surface area contributed by atoms with Gasteiger partial charge in [-0.25, -0.2) is 0 Å². The minimum Gasteiger partial charge on any atom is -0.481 e. The Morgan fingerprint density at radius 3 is 1.91 bits per heavy atom. The molecule has 0 aromatic heterocycles. The average molecular weight is 330 g/mol. The van der Waals surface area contributed by atoms with Crippen LogP contribution >= 0.6 is 0 Å². The van der Waals surface area contributed by atoms with Crippen LogP contribution in [0, 0.1) is 0 Å². The average Bonchev–Trinajstić information content (AvgIpc) is 2.52. The van der Waals surface area contributed by atoms with Gasteiger partial charge in [0, 0.05) is 12.8 Å². The summed E-state index contributed by atoms with van der Waals surface area (Å²) in [5.74, 6) is -0.997. The fourth-order valence-electron chi connectivity index (χ4n) is 2.58.